The summed E-state index contributed by atoms with van der Waals surface area (Å²) in [4.78, 5) is 4.30. The average Bonchev–Trinajstić information content (AvgIpc) is 2.64. The maximum absolute atomic E-state index is 5.28. The summed E-state index contributed by atoms with van der Waals surface area (Å²) in [5, 5.41) is 4.19. The van der Waals surface area contributed by atoms with E-state index < -0.39 is 0 Å². The number of aryl methyl sites for hydroxylation is 1. The molecule has 5 heteroatoms. The summed E-state index contributed by atoms with van der Waals surface area (Å²) in [5.41, 5.74) is 4.58. The van der Waals surface area contributed by atoms with Crippen LogP contribution < -0.4 is 11.3 Å². The van der Waals surface area contributed by atoms with Gasteiger partial charge in [0.15, 0.2) is 0 Å². The molecule has 15 heavy (non-hydrogen) atoms. The molecule has 0 bridgehead atoms. The lowest BCUT2D eigenvalue weighted by Crippen LogP contribution is -2.10. The molecular formula is C10H13N5. The fourth-order valence-corrected chi connectivity index (χ4v) is 1.37. The van der Waals surface area contributed by atoms with Gasteiger partial charge >= 0.3 is 0 Å². The number of nitrogens with two attached hydrogens (primary N) is 1. The van der Waals surface area contributed by atoms with E-state index in [4.69, 9.17) is 5.84 Å². The van der Waals surface area contributed by atoms with Crippen molar-refractivity contribution in [1.82, 2.24) is 14.8 Å². The summed E-state index contributed by atoms with van der Waals surface area (Å²) in [6.07, 6.45) is 3.80. The van der Waals surface area contributed by atoms with E-state index in [1.807, 2.05) is 42.2 Å². The first-order chi connectivity index (χ1) is 7.28. The fourth-order valence-electron chi connectivity index (χ4n) is 1.37. The molecule has 0 spiro atoms. The zero-order valence-electron chi connectivity index (χ0n) is 8.51. The summed E-state index contributed by atoms with van der Waals surface area (Å²) in [7, 11) is 0. The maximum Gasteiger partial charge on any atom is 0.140 e. The van der Waals surface area contributed by atoms with Crippen LogP contribution in [0.2, 0.25) is 0 Å². The molecule has 0 atom stereocenters. The van der Waals surface area contributed by atoms with Crippen LogP contribution in [0.1, 0.15) is 11.3 Å². The van der Waals surface area contributed by atoms with E-state index in [0.717, 1.165) is 11.3 Å². The molecule has 2 aromatic heterocycles. The summed E-state index contributed by atoms with van der Waals surface area (Å²) >= 11 is 0. The summed E-state index contributed by atoms with van der Waals surface area (Å²) in [5.74, 6) is 5.94. The number of nitrogens with one attached hydrogen (secondary N) is 1. The van der Waals surface area contributed by atoms with E-state index in [0.29, 0.717) is 12.4 Å². The molecule has 0 aliphatic carbocycles. The molecular weight excluding hydrogens is 190 g/mol. The number of nitrogen functional groups attached to an aromatic ring is 1. The molecule has 0 saturated carbocycles. The third-order valence-corrected chi connectivity index (χ3v) is 2.04. The Labute approximate surface area is 87.9 Å². The Kier molecular flexibility index (Phi) is 2.64. The Morgan fingerprint density at radius 1 is 1.47 bits per heavy atom. The Bertz CT molecular complexity index is 449. The summed E-state index contributed by atoms with van der Waals surface area (Å²) < 4.78 is 1.85. The summed E-state index contributed by atoms with van der Waals surface area (Å²) in [6, 6.07) is 5.67. The third kappa shape index (κ3) is 2.32. The van der Waals surface area contributed by atoms with E-state index >= 15 is 0 Å². The molecule has 0 aromatic carbocycles. The zero-order chi connectivity index (χ0) is 10.7. The maximum atomic E-state index is 5.28. The second kappa shape index (κ2) is 4.10. The van der Waals surface area contributed by atoms with E-state index in [2.05, 4.69) is 15.5 Å². The van der Waals surface area contributed by atoms with Crippen molar-refractivity contribution in [1.29, 1.82) is 0 Å². The molecule has 0 unspecified atom stereocenters. The standard InChI is InChI=1S/C10H13N5/c1-8-5-12-15(6-8)7-9-3-2-4-10(13-9)14-11/h2-6H,7,11H2,1H3,(H,13,14). The molecule has 3 N–H and O–H groups in total. The van der Waals surface area contributed by atoms with E-state index in [9.17, 15) is 0 Å². The molecule has 5 nitrogen and oxygen atoms in total. The second-order valence-electron chi connectivity index (χ2n) is 3.37. The van der Waals surface area contributed by atoms with Gasteiger partial charge in [0.25, 0.3) is 0 Å². The Balaban J connectivity index is 2.16. The Morgan fingerprint density at radius 2 is 2.33 bits per heavy atom. The predicted molar refractivity (Wildman–Crippen MR) is 58.1 cm³/mol. The van der Waals surface area contributed by atoms with Crippen LogP contribution in [0.5, 0.6) is 0 Å². The first kappa shape index (κ1) is 9.67. The number of aromatic nitrogens is 3. The van der Waals surface area contributed by atoms with Gasteiger partial charge < -0.3 is 5.43 Å². The van der Waals surface area contributed by atoms with Crippen molar-refractivity contribution < 1.29 is 0 Å². The van der Waals surface area contributed by atoms with Crippen molar-refractivity contribution in [3.8, 4) is 0 Å². The predicted octanol–water partition coefficient (Wildman–Crippen LogP) is 0.920. The SMILES string of the molecule is Cc1cnn(Cc2cccc(NN)n2)c1. The van der Waals surface area contributed by atoms with Gasteiger partial charge in [0.1, 0.15) is 5.82 Å². The molecule has 0 radical (unpaired) electrons. The quantitative estimate of drug-likeness (QED) is 0.575. The third-order valence-electron chi connectivity index (χ3n) is 2.04. The molecule has 78 valence electrons. The van der Waals surface area contributed by atoms with Gasteiger partial charge in [0.05, 0.1) is 18.4 Å². The lowest BCUT2D eigenvalue weighted by Gasteiger charge is -2.03. The van der Waals surface area contributed by atoms with Gasteiger partial charge in [0, 0.05) is 6.20 Å². The summed E-state index contributed by atoms with van der Waals surface area (Å²) in [6.45, 7) is 2.66. The van der Waals surface area contributed by atoms with Gasteiger partial charge in [-0.05, 0) is 24.6 Å². The highest BCUT2D eigenvalue weighted by Crippen LogP contribution is 2.05. The molecule has 0 aliphatic rings. The monoisotopic (exact) mass is 203 g/mol. The van der Waals surface area contributed by atoms with Crippen LogP contribution in [-0.4, -0.2) is 14.8 Å². The minimum absolute atomic E-state index is 0.656. The number of rotatable bonds is 3. The highest BCUT2D eigenvalue weighted by Gasteiger charge is 1.99. The van der Waals surface area contributed by atoms with Crippen molar-refractivity contribution in [3.05, 3.63) is 41.9 Å². The number of nitrogens with zero attached hydrogens (tertiary/aromatic N) is 3. The largest absolute Gasteiger partial charge is 0.308 e. The topological polar surface area (TPSA) is 68.8 Å². The lowest BCUT2D eigenvalue weighted by molar-refractivity contribution is 0.673. The highest BCUT2D eigenvalue weighted by atomic mass is 15.3. The Hall–Kier alpha value is -1.88. The van der Waals surface area contributed by atoms with Gasteiger partial charge in [-0.15, -0.1) is 0 Å². The van der Waals surface area contributed by atoms with Crippen molar-refractivity contribution in [2.24, 2.45) is 5.84 Å². The van der Waals surface area contributed by atoms with E-state index in [-0.39, 0.29) is 0 Å². The molecule has 0 fully saturated rings. The number of pyridine rings is 1. The molecule has 2 aromatic rings. The second-order valence-corrected chi connectivity index (χ2v) is 3.37. The molecule has 0 saturated heterocycles. The molecule has 0 aliphatic heterocycles. The van der Waals surface area contributed by atoms with Crippen molar-refractivity contribution in [3.63, 3.8) is 0 Å². The van der Waals surface area contributed by atoms with Crippen LogP contribution in [0.25, 0.3) is 0 Å². The minimum atomic E-state index is 0.656. The van der Waals surface area contributed by atoms with Gasteiger partial charge in [-0.2, -0.15) is 5.10 Å². The van der Waals surface area contributed by atoms with Gasteiger partial charge in [0.2, 0.25) is 0 Å². The lowest BCUT2D eigenvalue weighted by atomic mass is 10.3. The van der Waals surface area contributed by atoms with Crippen LogP contribution in [0, 0.1) is 6.92 Å². The van der Waals surface area contributed by atoms with Crippen LogP contribution in [0.15, 0.2) is 30.6 Å². The Morgan fingerprint density at radius 3 is 3.00 bits per heavy atom. The van der Waals surface area contributed by atoms with Crippen LogP contribution in [-0.2, 0) is 6.54 Å². The van der Waals surface area contributed by atoms with Gasteiger partial charge in [-0.25, -0.2) is 10.8 Å². The highest BCUT2D eigenvalue weighted by molar-refractivity contribution is 5.33. The first-order valence-electron chi connectivity index (χ1n) is 4.69. The number of anilines is 1. The minimum Gasteiger partial charge on any atom is -0.308 e. The van der Waals surface area contributed by atoms with Crippen molar-refractivity contribution >= 4 is 5.82 Å². The molecule has 2 heterocycles. The van der Waals surface area contributed by atoms with Gasteiger partial charge in [-0.3, -0.25) is 4.68 Å². The number of hydrogen-bond donors (Lipinski definition) is 2. The number of hydrazine groups is 1. The molecule has 2 rings (SSSR count). The first-order valence-corrected chi connectivity index (χ1v) is 4.69. The van der Waals surface area contributed by atoms with Crippen LogP contribution in [0.4, 0.5) is 5.82 Å². The van der Waals surface area contributed by atoms with E-state index in [1.165, 1.54) is 0 Å². The normalized spacial score (nSPS) is 10.3. The smallest absolute Gasteiger partial charge is 0.140 e. The van der Waals surface area contributed by atoms with Crippen LogP contribution >= 0.6 is 0 Å². The zero-order valence-corrected chi connectivity index (χ0v) is 8.51. The molecule has 0 amide bonds. The van der Waals surface area contributed by atoms with Gasteiger partial charge in [-0.1, -0.05) is 6.07 Å². The van der Waals surface area contributed by atoms with Crippen LogP contribution in [0.3, 0.4) is 0 Å². The number of hydrogen-bond acceptors (Lipinski definition) is 4. The van der Waals surface area contributed by atoms with E-state index in [1.54, 1.807) is 0 Å². The van der Waals surface area contributed by atoms with Crippen molar-refractivity contribution in [2.45, 2.75) is 13.5 Å². The van der Waals surface area contributed by atoms with Crippen molar-refractivity contribution in [2.75, 3.05) is 5.43 Å². The average molecular weight is 203 g/mol. The fraction of sp³-hybridized carbons (Fsp3) is 0.200.